The van der Waals surface area contributed by atoms with Gasteiger partial charge in [-0.1, -0.05) is 6.92 Å². The third kappa shape index (κ3) is 2.44. The van der Waals surface area contributed by atoms with Crippen molar-refractivity contribution in [3.8, 4) is 0 Å². The maximum atomic E-state index is 12.0. The molecule has 2 rings (SSSR count). The number of carbonyl (C=O) groups is 2. The Bertz CT molecular complexity index is 324. The Balaban J connectivity index is 1.88. The lowest BCUT2D eigenvalue weighted by atomic mass is 9.91. The molecule has 0 aromatic carbocycles. The fourth-order valence-corrected chi connectivity index (χ4v) is 2.81. The second-order valence-electron chi connectivity index (χ2n) is 5.18. The van der Waals surface area contributed by atoms with Crippen LogP contribution in [0.5, 0.6) is 0 Å². The summed E-state index contributed by atoms with van der Waals surface area (Å²) in [5.74, 6) is -0.972. The Morgan fingerprint density at radius 1 is 1.47 bits per heavy atom. The van der Waals surface area contributed by atoms with Gasteiger partial charge in [0.25, 0.3) is 0 Å². The van der Waals surface area contributed by atoms with E-state index in [1.807, 2.05) is 0 Å². The first kappa shape index (κ1) is 12.4. The fourth-order valence-electron chi connectivity index (χ4n) is 2.81. The number of rotatable bonds is 4. The molecule has 1 unspecified atom stereocenters. The van der Waals surface area contributed by atoms with Crippen molar-refractivity contribution in [2.45, 2.75) is 38.6 Å². The number of carboxylic acid groups (broad SMARTS) is 1. The number of aliphatic carboxylic acids is 1. The van der Waals surface area contributed by atoms with Gasteiger partial charge >= 0.3 is 5.97 Å². The summed E-state index contributed by atoms with van der Waals surface area (Å²) >= 11 is 0. The van der Waals surface area contributed by atoms with Gasteiger partial charge in [0.15, 0.2) is 0 Å². The van der Waals surface area contributed by atoms with E-state index in [-0.39, 0.29) is 17.2 Å². The largest absolute Gasteiger partial charge is 0.480 e. The van der Waals surface area contributed by atoms with E-state index < -0.39 is 12.0 Å². The lowest BCUT2D eigenvalue weighted by molar-refractivity contribution is -0.142. The van der Waals surface area contributed by atoms with Gasteiger partial charge in [-0.25, -0.2) is 4.79 Å². The van der Waals surface area contributed by atoms with Crippen molar-refractivity contribution in [1.82, 2.24) is 10.6 Å². The Morgan fingerprint density at radius 2 is 2.12 bits per heavy atom. The van der Waals surface area contributed by atoms with Gasteiger partial charge < -0.3 is 15.7 Å². The van der Waals surface area contributed by atoms with Gasteiger partial charge in [0, 0.05) is 5.92 Å². The van der Waals surface area contributed by atoms with Crippen molar-refractivity contribution in [3.05, 3.63) is 0 Å². The average Bonchev–Trinajstić information content (AvgIpc) is 3.00. The summed E-state index contributed by atoms with van der Waals surface area (Å²) in [6.07, 6.45) is 3.43. The Labute approximate surface area is 101 Å². The summed E-state index contributed by atoms with van der Waals surface area (Å²) in [7, 11) is 0. The SMILES string of the molecule is CC[C@@H](NC(=O)C1CC12CCNCC2)C(=O)O. The molecule has 1 saturated carbocycles. The highest BCUT2D eigenvalue weighted by atomic mass is 16.4. The van der Waals surface area contributed by atoms with Gasteiger partial charge in [-0.05, 0) is 44.2 Å². The first-order valence-electron chi connectivity index (χ1n) is 6.33. The van der Waals surface area contributed by atoms with Crippen molar-refractivity contribution < 1.29 is 14.7 Å². The molecule has 0 radical (unpaired) electrons. The predicted molar refractivity (Wildman–Crippen MR) is 62.5 cm³/mol. The van der Waals surface area contributed by atoms with Gasteiger partial charge in [0.2, 0.25) is 5.91 Å². The van der Waals surface area contributed by atoms with Crippen LogP contribution in [0, 0.1) is 11.3 Å². The van der Waals surface area contributed by atoms with Crippen LogP contribution in [0.1, 0.15) is 32.6 Å². The fraction of sp³-hybridized carbons (Fsp3) is 0.833. The van der Waals surface area contributed by atoms with E-state index >= 15 is 0 Å². The number of piperidine rings is 1. The number of hydrogen-bond donors (Lipinski definition) is 3. The lowest BCUT2D eigenvalue weighted by Crippen LogP contribution is -2.42. The van der Waals surface area contributed by atoms with Crippen LogP contribution in [-0.2, 0) is 9.59 Å². The van der Waals surface area contributed by atoms with Gasteiger partial charge in [-0.3, -0.25) is 4.79 Å². The highest BCUT2D eigenvalue weighted by Gasteiger charge is 2.57. The first-order valence-corrected chi connectivity index (χ1v) is 6.33. The number of nitrogens with one attached hydrogen (secondary N) is 2. The van der Waals surface area contributed by atoms with E-state index in [0.717, 1.165) is 32.4 Å². The third-order valence-electron chi connectivity index (χ3n) is 4.13. The predicted octanol–water partition coefficient (Wildman–Crippen LogP) is 0.355. The summed E-state index contributed by atoms with van der Waals surface area (Å²) in [5, 5.41) is 14.8. The first-order chi connectivity index (χ1) is 8.09. The minimum absolute atomic E-state index is 0.0398. The van der Waals surface area contributed by atoms with Gasteiger partial charge in [-0.2, -0.15) is 0 Å². The zero-order chi connectivity index (χ0) is 12.5. The standard InChI is InChI=1S/C12H20N2O3/c1-2-9(11(16)17)14-10(15)8-7-12(8)3-5-13-6-4-12/h8-9,13H,2-7H2,1H3,(H,14,15)(H,16,17)/t8?,9-/m1/s1. The second-order valence-corrected chi connectivity index (χ2v) is 5.18. The van der Waals surface area contributed by atoms with E-state index in [4.69, 9.17) is 5.11 Å². The van der Waals surface area contributed by atoms with Crippen molar-refractivity contribution in [2.24, 2.45) is 11.3 Å². The Hall–Kier alpha value is -1.10. The molecule has 5 nitrogen and oxygen atoms in total. The second kappa shape index (κ2) is 4.64. The van der Waals surface area contributed by atoms with Crippen molar-refractivity contribution in [3.63, 3.8) is 0 Å². The van der Waals surface area contributed by atoms with Gasteiger partial charge in [0.05, 0.1) is 0 Å². The van der Waals surface area contributed by atoms with Gasteiger partial charge in [-0.15, -0.1) is 0 Å². The van der Waals surface area contributed by atoms with Crippen molar-refractivity contribution >= 4 is 11.9 Å². The molecule has 3 N–H and O–H groups in total. The van der Waals surface area contributed by atoms with Crippen molar-refractivity contribution in [2.75, 3.05) is 13.1 Å². The smallest absolute Gasteiger partial charge is 0.326 e. The van der Waals surface area contributed by atoms with E-state index in [0.29, 0.717) is 6.42 Å². The van der Waals surface area contributed by atoms with Crippen LogP contribution >= 0.6 is 0 Å². The Kier molecular flexibility index (Phi) is 3.38. The van der Waals surface area contributed by atoms with Crippen LogP contribution in [0.25, 0.3) is 0 Å². The monoisotopic (exact) mass is 240 g/mol. The molecule has 2 aliphatic rings. The summed E-state index contributed by atoms with van der Waals surface area (Å²) in [5.41, 5.74) is 0.173. The lowest BCUT2D eigenvalue weighted by Gasteiger charge is -2.23. The van der Waals surface area contributed by atoms with Crippen LogP contribution in [0.15, 0.2) is 0 Å². The summed E-state index contributed by atoms with van der Waals surface area (Å²) in [6.45, 7) is 3.71. The number of amides is 1. The third-order valence-corrected chi connectivity index (χ3v) is 4.13. The molecule has 5 heteroatoms. The molecule has 1 heterocycles. The van der Waals surface area contributed by atoms with Crippen LogP contribution in [0.3, 0.4) is 0 Å². The zero-order valence-corrected chi connectivity index (χ0v) is 10.2. The topological polar surface area (TPSA) is 78.4 Å². The highest BCUT2D eigenvalue weighted by molar-refractivity contribution is 5.87. The average molecular weight is 240 g/mol. The molecule has 0 bridgehead atoms. The molecule has 2 atom stereocenters. The summed E-state index contributed by atoms with van der Waals surface area (Å²) in [6, 6.07) is -0.734. The molecule has 1 aliphatic carbocycles. The molecular formula is C12H20N2O3. The Morgan fingerprint density at radius 3 is 2.65 bits per heavy atom. The molecule has 96 valence electrons. The molecule has 2 fully saturated rings. The summed E-state index contributed by atoms with van der Waals surface area (Å²) in [4.78, 5) is 22.8. The zero-order valence-electron chi connectivity index (χ0n) is 10.2. The van der Waals surface area contributed by atoms with E-state index in [1.165, 1.54) is 0 Å². The summed E-state index contributed by atoms with van der Waals surface area (Å²) < 4.78 is 0. The number of carboxylic acids is 1. The molecular weight excluding hydrogens is 220 g/mol. The normalized spacial score (nSPS) is 27.5. The van der Waals surface area contributed by atoms with Crippen LogP contribution in [0.2, 0.25) is 0 Å². The van der Waals surface area contributed by atoms with E-state index in [2.05, 4.69) is 10.6 Å². The highest BCUT2D eigenvalue weighted by Crippen LogP contribution is 2.58. The molecule has 17 heavy (non-hydrogen) atoms. The van der Waals surface area contributed by atoms with Crippen LogP contribution in [-0.4, -0.2) is 36.1 Å². The van der Waals surface area contributed by atoms with E-state index in [1.54, 1.807) is 6.92 Å². The van der Waals surface area contributed by atoms with Crippen LogP contribution in [0.4, 0.5) is 0 Å². The minimum Gasteiger partial charge on any atom is -0.480 e. The molecule has 1 amide bonds. The minimum atomic E-state index is -0.944. The van der Waals surface area contributed by atoms with Crippen molar-refractivity contribution in [1.29, 1.82) is 0 Å². The molecule has 1 aliphatic heterocycles. The molecule has 0 aromatic heterocycles. The quantitative estimate of drug-likeness (QED) is 0.663. The molecule has 1 saturated heterocycles. The number of carbonyl (C=O) groups excluding carboxylic acids is 1. The molecule has 1 spiro atoms. The van der Waals surface area contributed by atoms with Crippen LogP contribution < -0.4 is 10.6 Å². The maximum absolute atomic E-state index is 12.0. The van der Waals surface area contributed by atoms with Gasteiger partial charge in [0.1, 0.15) is 6.04 Å². The molecule has 0 aromatic rings. The number of hydrogen-bond acceptors (Lipinski definition) is 3. The van der Waals surface area contributed by atoms with E-state index in [9.17, 15) is 9.59 Å². The maximum Gasteiger partial charge on any atom is 0.326 e.